The molecule has 0 aliphatic carbocycles. The summed E-state index contributed by atoms with van der Waals surface area (Å²) < 4.78 is 28.4. The molecule has 122 valence electrons. The molecule has 0 aliphatic heterocycles. The van der Waals surface area contributed by atoms with Gasteiger partial charge in [0.25, 0.3) is 0 Å². The van der Waals surface area contributed by atoms with Gasteiger partial charge in [0.1, 0.15) is 4.90 Å². The molecular weight excluding hydrogens is 372 g/mol. The van der Waals surface area contributed by atoms with Crippen molar-refractivity contribution >= 4 is 37.3 Å². The van der Waals surface area contributed by atoms with E-state index in [4.69, 9.17) is 0 Å². The van der Waals surface area contributed by atoms with Crippen molar-refractivity contribution in [2.24, 2.45) is 5.41 Å². The van der Waals surface area contributed by atoms with E-state index in [1.807, 2.05) is 27.7 Å². The van der Waals surface area contributed by atoms with E-state index >= 15 is 0 Å². The Morgan fingerprint density at radius 1 is 1.29 bits per heavy atom. The maximum Gasteiger partial charge on any atom is 0.242 e. The van der Waals surface area contributed by atoms with Gasteiger partial charge in [0.2, 0.25) is 10.0 Å². The Labute approximate surface area is 140 Å². The lowest BCUT2D eigenvalue weighted by molar-refractivity contribution is 0.317. The lowest BCUT2D eigenvalue weighted by Gasteiger charge is -2.27. The maximum atomic E-state index is 12.5. The summed E-state index contributed by atoms with van der Waals surface area (Å²) in [4.78, 5) is 1.32. The van der Waals surface area contributed by atoms with E-state index in [2.05, 4.69) is 39.8 Å². The van der Waals surface area contributed by atoms with Crippen molar-refractivity contribution in [3.63, 3.8) is 0 Å². The topological polar surface area (TPSA) is 58.2 Å². The predicted molar refractivity (Wildman–Crippen MR) is 93.2 cm³/mol. The first-order valence-electron chi connectivity index (χ1n) is 6.97. The van der Waals surface area contributed by atoms with E-state index in [9.17, 15) is 8.42 Å². The minimum atomic E-state index is -3.51. The highest BCUT2D eigenvalue weighted by molar-refractivity contribution is 9.11. The molecule has 2 N–H and O–H groups in total. The summed E-state index contributed by atoms with van der Waals surface area (Å²) in [6, 6.07) is 1.96. The smallest absolute Gasteiger partial charge is 0.242 e. The predicted octanol–water partition coefficient (Wildman–Crippen LogP) is 3.72. The highest BCUT2D eigenvalue weighted by Gasteiger charge is 2.28. The Hall–Kier alpha value is 0.0500. The van der Waals surface area contributed by atoms with Crippen LogP contribution in [0.1, 0.15) is 46.4 Å². The molecule has 0 aromatic carbocycles. The quantitative estimate of drug-likeness (QED) is 0.769. The van der Waals surface area contributed by atoms with E-state index in [-0.39, 0.29) is 11.5 Å². The first-order chi connectivity index (χ1) is 9.43. The van der Waals surface area contributed by atoms with Gasteiger partial charge in [0, 0.05) is 23.5 Å². The SMILES string of the molecule is CC(C)NCc1cc(S(=O)(=O)NC(C)C(C)(C)C)c(Br)s1. The van der Waals surface area contributed by atoms with Crippen LogP contribution in [0.3, 0.4) is 0 Å². The van der Waals surface area contributed by atoms with Gasteiger partial charge in [-0.1, -0.05) is 34.6 Å². The molecule has 0 fully saturated rings. The molecule has 0 aliphatic rings. The van der Waals surface area contributed by atoms with Gasteiger partial charge < -0.3 is 5.32 Å². The number of nitrogens with one attached hydrogen (secondary N) is 2. The Morgan fingerprint density at radius 3 is 2.33 bits per heavy atom. The van der Waals surface area contributed by atoms with Gasteiger partial charge in [-0.3, -0.25) is 0 Å². The fourth-order valence-corrected chi connectivity index (χ4v) is 5.53. The molecule has 7 heteroatoms. The van der Waals surface area contributed by atoms with Gasteiger partial charge in [0.05, 0.1) is 3.79 Å². The van der Waals surface area contributed by atoms with Crippen LogP contribution in [0.15, 0.2) is 14.7 Å². The summed E-state index contributed by atoms with van der Waals surface area (Å²) >= 11 is 4.82. The van der Waals surface area contributed by atoms with Crippen LogP contribution in [-0.4, -0.2) is 20.5 Å². The van der Waals surface area contributed by atoms with Crippen LogP contribution in [0.5, 0.6) is 0 Å². The summed E-state index contributed by atoms with van der Waals surface area (Å²) in [5.74, 6) is 0. The molecule has 1 rings (SSSR count). The molecule has 1 aromatic heterocycles. The van der Waals surface area contributed by atoms with Crippen molar-refractivity contribution in [3.05, 3.63) is 14.7 Å². The molecular formula is C14H25BrN2O2S2. The zero-order chi connectivity index (χ0) is 16.4. The third kappa shape index (κ3) is 5.63. The fraction of sp³-hybridized carbons (Fsp3) is 0.714. The summed E-state index contributed by atoms with van der Waals surface area (Å²) in [5.41, 5.74) is -0.127. The third-order valence-electron chi connectivity index (χ3n) is 3.31. The van der Waals surface area contributed by atoms with Gasteiger partial charge in [-0.05, 0) is 34.3 Å². The van der Waals surface area contributed by atoms with Gasteiger partial charge >= 0.3 is 0 Å². The van der Waals surface area contributed by atoms with Crippen molar-refractivity contribution in [3.8, 4) is 0 Å². The Morgan fingerprint density at radius 2 is 1.86 bits per heavy atom. The summed E-state index contributed by atoms with van der Waals surface area (Å²) in [5, 5.41) is 3.29. The molecule has 21 heavy (non-hydrogen) atoms. The number of hydrogen-bond acceptors (Lipinski definition) is 4. The lowest BCUT2D eigenvalue weighted by atomic mass is 9.89. The second-order valence-corrected chi connectivity index (χ2v) is 10.7. The molecule has 1 unspecified atom stereocenters. The van der Waals surface area contributed by atoms with Crippen LogP contribution in [0.2, 0.25) is 0 Å². The van der Waals surface area contributed by atoms with E-state index < -0.39 is 10.0 Å². The Kier molecular flexibility index (Phi) is 6.44. The Balaban J connectivity index is 2.94. The number of halogens is 1. The van der Waals surface area contributed by atoms with E-state index in [0.717, 1.165) is 4.88 Å². The number of sulfonamides is 1. The third-order valence-corrected chi connectivity index (χ3v) is 7.10. The molecule has 1 aromatic rings. The summed E-state index contributed by atoms with van der Waals surface area (Å²) in [6.45, 7) is 12.7. The molecule has 4 nitrogen and oxygen atoms in total. The maximum absolute atomic E-state index is 12.5. The highest BCUT2D eigenvalue weighted by atomic mass is 79.9. The molecule has 0 saturated heterocycles. The largest absolute Gasteiger partial charge is 0.310 e. The minimum Gasteiger partial charge on any atom is -0.310 e. The van der Waals surface area contributed by atoms with Crippen molar-refractivity contribution in [1.82, 2.24) is 10.0 Å². The van der Waals surface area contributed by atoms with Crippen LogP contribution in [-0.2, 0) is 16.6 Å². The van der Waals surface area contributed by atoms with Gasteiger partial charge in [-0.2, -0.15) is 0 Å². The lowest BCUT2D eigenvalue weighted by Crippen LogP contribution is -2.41. The summed E-state index contributed by atoms with van der Waals surface area (Å²) in [6.07, 6.45) is 0. The highest BCUT2D eigenvalue weighted by Crippen LogP contribution is 2.32. The van der Waals surface area contributed by atoms with Crippen molar-refractivity contribution in [2.75, 3.05) is 0 Å². The van der Waals surface area contributed by atoms with E-state index in [0.29, 0.717) is 21.3 Å². The van der Waals surface area contributed by atoms with Gasteiger partial charge in [-0.25, -0.2) is 13.1 Å². The van der Waals surface area contributed by atoms with E-state index in [1.54, 1.807) is 6.07 Å². The van der Waals surface area contributed by atoms with Crippen LogP contribution >= 0.6 is 27.3 Å². The standard InChI is InChI=1S/C14H25BrN2O2S2/c1-9(2)16-8-11-7-12(13(15)20-11)21(18,19)17-10(3)14(4,5)6/h7,9-10,16-17H,8H2,1-6H3. The molecule has 0 saturated carbocycles. The van der Waals surface area contributed by atoms with Gasteiger partial charge in [0.15, 0.2) is 0 Å². The average molecular weight is 397 g/mol. The fourth-order valence-electron chi connectivity index (χ4n) is 1.45. The van der Waals surface area contributed by atoms with Crippen molar-refractivity contribution < 1.29 is 8.42 Å². The van der Waals surface area contributed by atoms with Crippen LogP contribution < -0.4 is 10.0 Å². The molecule has 1 heterocycles. The monoisotopic (exact) mass is 396 g/mol. The van der Waals surface area contributed by atoms with E-state index in [1.165, 1.54) is 11.3 Å². The van der Waals surface area contributed by atoms with Crippen LogP contribution in [0.25, 0.3) is 0 Å². The van der Waals surface area contributed by atoms with Crippen LogP contribution in [0.4, 0.5) is 0 Å². The second kappa shape index (κ2) is 7.08. The molecule has 0 amide bonds. The zero-order valence-corrected chi connectivity index (χ0v) is 16.7. The number of rotatable bonds is 6. The molecule has 0 radical (unpaired) electrons. The molecule has 0 spiro atoms. The van der Waals surface area contributed by atoms with Gasteiger partial charge in [-0.15, -0.1) is 11.3 Å². The number of hydrogen-bond donors (Lipinski definition) is 2. The van der Waals surface area contributed by atoms with Crippen molar-refractivity contribution in [2.45, 2.75) is 65.1 Å². The summed E-state index contributed by atoms with van der Waals surface area (Å²) in [7, 11) is -3.51. The average Bonchev–Trinajstić information content (AvgIpc) is 2.67. The molecule has 0 bridgehead atoms. The van der Waals surface area contributed by atoms with Crippen molar-refractivity contribution in [1.29, 1.82) is 0 Å². The first kappa shape index (κ1) is 19.1. The number of thiophene rings is 1. The minimum absolute atomic E-state index is 0.127. The zero-order valence-electron chi connectivity index (χ0n) is 13.5. The normalized spacial score (nSPS) is 14.7. The van der Waals surface area contributed by atoms with Crippen LogP contribution in [0, 0.1) is 5.41 Å². The Bertz CT molecular complexity index is 574. The molecule has 1 atom stereocenters. The second-order valence-electron chi connectivity index (χ2n) is 6.60. The first-order valence-corrected chi connectivity index (χ1v) is 10.1.